The molecule has 1 aromatic heterocycles. The molecule has 0 bridgehead atoms. The van der Waals surface area contributed by atoms with E-state index in [1.807, 2.05) is 36.5 Å². The largest absolute Gasteiger partial charge is 0.318 e. The molecule has 22 heavy (non-hydrogen) atoms. The highest BCUT2D eigenvalue weighted by Crippen LogP contribution is 2.25. The van der Waals surface area contributed by atoms with Crippen molar-refractivity contribution in [2.45, 2.75) is 13.8 Å². The fourth-order valence-electron chi connectivity index (χ4n) is 2.59. The normalized spacial score (nSPS) is 11.2. The molecule has 3 aromatic rings. The second kappa shape index (κ2) is 6.32. The Morgan fingerprint density at radius 3 is 2.36 bits per heavy atom. The van der Waals surface area contributed by atoms with E-state index >= 15 is 0 Å². The van der Waals surface area contributed by atoms with Gasteiger partial charge in [-0.3, -0.25) is 4.99 Å². The number of hydrogen-bond acceptors (Lipinski definition) is 1. The number of aromatic nitrogens is 1. The van der Waals surface area contributed by atoms with E-state index in [1.54, 1.807) is 0 Å². The lowest BCUT2D eigenvalue weighted by Gasteiger charge is -2.09. The van der Waals surface area contributed by atoms with Crippen molar-refractivity contribution in [2.75, 3.05) is 0 Å². The van der Waals surface area contributed by atoms with Crippen LogP contribution in [-0.2, 0) is 0 Å². The summed E-state index contributed by atoms with van der Waals surface area (Å²) < 4.78 is 3.25. The van der Waals surface area contributed by atoms with Gasteiger partial charge in [0.25, 0.3) is 0 Å². The van der Waals surface area contributed by atoms with Gasteiger partial charge in [-0.1, -0.05) is 30.3 Å². The van der Waals surface area contributed by atoms with Gasteiger partial charge in [0.05, 0.1) is 5.69 Å². The molecule has 0 N–H and O–H groups in total. The van der Waals surface area contributed by atoms with Crippen molar-refractivity contribution >= 4 is 27.8 Å². The Bertz CT molecular complexity index is 817. The van der Waals surface area contributed by atoms with E-state index in [1.165, 1.54) is 17.1 Å². The van der Waals surface area contributed by atoms with Gasteiger partial charge >= 0.3 is 0 Å². The zero-order valence-electron chi connectivity index (χ0n) is 12.6. The second-order valence-corrected chi connectivity index (χ2v) is 6.06. The lowest BCUT2D eigenvalue weighted by molar-refractivity contribution is 0.965. The molecular weight excluding hydrogens is 336 g/mol. The van der Waals surface area contributed by atoms with Crippen molar-refractivity contribution in [3.63, 3.8) is 0 Å². The zero-order valence-corrected chi connectivity index (χ0v) is 14.2. The Kier molecular flexibility index (Phi) is 4.25. The summed E-state index contributed by atoms with van der Waals surface area (Å²) >= 11 is 3.53. The molecule has 0 radical (unpaired) electrons. The Hall–Kier alpha value is -2.13. The topological polar surface area (TPSA) is 17.3 Å². The lowest BCUT2D eigenvalue weighted by Crippen LogP contribution is -1.98. The number of rotatable bonds is 3. The van der Waals surface area contributed by atoms with Crippen molar-refractivity contribution < 1.29 is 0 Å². The van der Waals surface area contributed by atoms with Gasteiger partial charge in [-0.15, -0.1) is 0 Å². The van der Waals surface area contributed by atoms with Crippen LogP contribution < -0.4 is 0 Å². The number of aliphatic imine (C=N–C) groups is 1. The fraction of sp³-hybridized carbons (Fsp3) is 0.105. The smallest absolute Gasteiger partial charge is 0.0771 e. The van der Waals surface area contributed by atoms with Gasteiger partial charge in [0.15, 0.2) is 0 Å². The first-order chi connectivity index (χ1) is 10.7. The molecule has 0 spiro atoms. The average molecular weight is 353 g/mol. The van der Waals surface area contributed by atoms with E-state index in [9.17, 15) is 0 Å². The minimum absolute atomic E-state index is 0.937. The highest BCUT2D eigenvalue weighted by atomic mass is 79.9. The summed E-state index contributed by atoms with van der Waals surface area (Å²) in [5.41, 5.74) is 5.65. The molecule has 0 aliphatic carbocycles. The molecule has 0 fully saturated rings. The van der Waals surface area contributed by atoms with E-state index in [4.69, 9.17) is 0 Å². The SMILES string of the molecule is Cc1cc(C=Nc2ccccc2Br)c(C)n1-c1ccccc1. The van der Waals surface area contributed by atoms with Crippen molar-refractivity contribution in [3.8, 4) is 5.69 Å². The number of aryl methyl sites for hydroxylation is 1. The highest BCUT2D eigenvalue weighted by Gasteiger charge is 2.09. The van der Waals surface area contributed by atoms with Crippen LogP contribution in [-0.4, -0.2) is 10.8 Å². The summed E-state index contributed by atoms with van der Waals surface area (Å²) in [4.78, 5) is 4.60. The Morgan fingerprint density at radius 2 is 1.64 bits per heavy atom. The summed E-state index contributed by atoms with van der Waals surface area (Å²) in [5.74, 6) is 0. The number of hydrogen-bond donors (Lipinski definition) is 0. The standard InChI is InChI=1S/C19H17BrN2/c1-14-12-16(13-21-19-11-7-6-10-18(19)20)15(2)22(14)17-8-4-3-5-9-17/h3-13H,1-2H3. The molecular formula is C19H17BrN2. The maximum absolute atomic E-state index is 4.60. The Labute approximate surface area is 139 Å². The van der Waals surface area contributed by atoms with E-state index in [0.29, 0.717) is 0 Å². The van der Waals surface area contributed by atoms with Crippen LogP contribution in [0.25, 0.3) is 5.69 Å². The number of para-hydroxylation sites is 2. The molecule has 0 aliphatic heterocycles. The molecule has 0 atom stereocenters. The first-order valence-corrected chi connectivity index (χ1v) is 7.99. The molecule has 3 heteroatoms. The predicted octanol–water partition coefficient (Wildman–Crippen LogP) is 5.61. The van der Waals surface area contributed by atoms with Gasteiger partial charge in [-0.25, -0.2) is 0 Å². The maximum atomic E-state index is 4.60. The van der Waals surface area contributed by atoms with E-state index in [-0.39, 0.29) is 0 Å². The zero-order chi connectivity index (χ0) is 15.5. The monoisotopic (exact) mass is 352 g/mol. The van der Waals surface area contributed by atoms with Crippen molar-refractivity contribution in [3.05, 3.63) is 82.1 Å². The summed E-state index contributed by atoms with van der Waals surface area (Å²) in [6, 6.07) is 20.5. The van der Waals surface area contributed by atoms with Crippen molar-refractivity contribution in [1.29, 1.82) is 0 Å². The first kappa shape index (κ1) is 14.8. The van der Waals surface area contributed by atoms with Crippen LogP contribution in [0.2, 0.25) is 0 Å². The maximum Gasteiger partial charge on any atom is 0.0771 e. The number of halogens is 1. The summed E-state index contributed by atoms with van der Waals surface area (Å²) in [6.07, 6.45) is 1.93. The minimum Gasteiger partial charge on any atom is -0.318 e. The predicted molar refractivity (Wildman–Crippen MR) is 96.6 cm³/mol. The molecule has 0 aliphatic rings. The fourth-order valence-corrected chi connectivity index (χ4v) is 2.98. The van der Waals surface area contributed by atoms with Crippen LogP contribution in [0.15, 0.2) is 70.1 Å². The number of nitrogens with zero attached hydrogens (tertiary/aromatic N) is 2. The minimum atomic E-state index is 0.937. The summed E-state index contributed by atoms with van der Waals surface area (Å²) in [5, 5.41) is 0. The van der Waals surface area contributed by atoms with Gasteiger partial charge in [0.2, 0.25) is 0 Å². The molecule has 110 valence electrons. The van der Waals surface area contributed by atoms with E-state index < -0.39 is 0 Å². The molecule has 2 aromatic carbocycles. The molecule has 3 rings (SSSR count). The lowest BCUT2D eigenvalue weighted by atomic mass is 10.2. The molecule has 0 amide bonds. The van der Waals surface area contributed by atoms with Gasteiger partial charge < -0.3 is 4.57 Å². The summed E-state index contributed by atoms with van der Waals surface area (Å²) in [7, 11) is 0. The quantitative estimate of drug-likeness (QED) is 0.545. The van der Waals surface area contributed by atoms with Crippen LogP contribution in [0.4, 0.5) is 5.69 Å². The van der Waals surface area contributed by atoms with Gasteiger partial charge in [-0.2, -0.15) is 0 Å². The Morgan fingerprint density at radius 1 is 0.955 bits per heavy atom. The van der Waals surface area contributed by atoms with Gasteiger partial charge in [-0.05, 0) is 60.1 Å². The van der Waals surface area contributed by atoms with Gasteiger partial charge in [0.1, 0.15) is 0 Å². The third-order valence-electron chi connectivity index (χ3n) is 3.68. The van der Waals surface area contributed by atoms with Crippen molar-refractivity contribution in [1.82, 2.24) is 4.57 Å². The van der Waals surface area contributed by atoms with Crippen LogP contribution in [0.3, 0.4) is 0 Å². The third kappa shape index (κ3) is 2.90. The molecule has 2 nitrogen and oxygen atoms in total. The third-order valence-corrected chi connectivity index (χ3v) is 4.35. The van der Waals surface area contributed by atoms with E-state index in [0.717, 1.165) is 15.7 Å². The molecule has 1 heterocycles. The van der Waals surface area contributed by atoms with Gasteiger partial charge in [0, 0.05) is 33.3 Å². The van der Waals surface area contributed by atoms with Crippen LogP contribution >= 0.6 is 15.9 Å². The second-order valence-electron chi connectivity index (χ2n) is 5.21. The molecule has 0 unspecified atom stereocenters. The first-order valence-electron chi connectivity index (χ1n) is 7.20. The van der Waals surface area contributed by atoms with E-state index in [2.05, 4.69) is 69.7 Å². The Balaban J connectivity index is 1.99. The average Bonchev–Trinajstić information content (AvgIpc) is 2.81. The van der Waals surface area contributed by atoms with Crippen LogP contribution in [0.1, 0.15) is 17.0 Å². The number of benzene rings is 2. The van der Waals surface area contributed by atoms with Crippen LogP contribution in [0.5, 0.6) is 0 Å². The van der Waals surface area contributed by atoms with Crippen LogP contribution in [0, 0.1) is 13.8 Å². The highest BCUT2D eigenvalue weighted by molar-refractivity contribution is 9.10. The molecule has 0 saturated carbocycles. The summed E-state index contributed by atoms with van der Waals surface area (Å²) in [6.45, 7) is 4.25. The molecule has 0 saturated heterocycles. The van der Waals surface area contributed by atoms with Crippen molar-refractivity contribution in [2.24, 2.45) is 4.99 Å².